The first-order valence-electron chi connectivity index (χ1n) is 14.5. The monoisotopic (exact) mass is 526 g/mol. The van der Waals surface area contributed by atoms with Crippen LogP contribution in [0.5, 0.6) is 0 Å². The molecular weight excluding hydrogens is 488 g/mol. The van der Waals surface area contributed by atoms with Crippen LogP contribution < -0.4 is 0 Å². The minimum Gasteiger partial charge on any atom is -0.140 e. The summed E-state index contributed by atoms with van der Waals surface area (Å²) in [6.07, 6.45) is 7.05. The van der Waals surface area contributed by atoms with E-state index >= 15 is 0 Å². The SMILES string of the molecule is CCC1(c2ccccc2)CC(c2ccccc2)CC(CCc2ccc(-c3ccccc3)s2)(c2ccccc2)C1. The lowest BCUT2D eigenvalue weighted by molar-refractivity contribution is 0.146. The number of rotatable bonds is 8. The number of aryl methyl sites for hydroxylation is 1. The lowest BCUT2D eigenvalue weighted by Crippen LogP contribution is -2.45. The van der Waals surface area contributed by atoms with Crippen LogP contribution in [0.2, 0.25) is 0 Å². The predicted molar refractivity (Wildman–Crippen MR) is 168 cm³/mol. The molecule has 0 saturated heterocycles. The molecule has 1 heterocycles. The summed E-state index contributed by atoms with van der Waals surface area (Å²) >= 11 is 1.97. The van der Waals surface area contributed by atoms with E-state index < -0.39 is 0 Å². The zero-order chi connectivity index (χ0) is 26.5. The van der Waals surface area contributed by atoms with Crippen LogP contribution in [0.15, 0.2) is 133 Å². The highest BCUT2D eigenvalue weighted by molar-refractivity contribution is 7.15. The Morgan fingerprint density at radius 3 is 1.77 bits per heavy atom. The molecule has 1 aliphatic carbocycles. The molecule has 196 valence electrons. The van der Waals surface area contributed by atoms with Gasteiger partial charge in [-0.2, -0.15) is 0 Å². The first-order valence-corrected chi connectivity index (χ1v) is 15.3. The quantitative estimate of drug-likeness (QED) is 0.189. The highest BCUT2D eigenvalue weighted by Crippen LogP contribution is 2.57. The van der Waals surface area contributed by atoms with Crippen molar-refractivity contribution in [2.75, 3.05) is 0 Å². The zero-order valence-electron chi connectivity index (χ0n) is 22.9. The third-order valence-corrected chi connectivity index (χ3v) is 10.4. The molecule has 0 amide bonds. The van der Waals surface area contributed by atoms with Crippen molar-refractivity contribution >= 4 is 11.3 Å². The standard InChI is InChI=1S/C38H38S/c1-2-37(33-19-11-5-12-20-33)27-32(30-15-7-3-8-16-30)28-38(29-37,34-21-13-6-14-22-34)26-25-35-23-24-36(39-35)31-17-9-4-10-18-31/h3-24,32H,2,25-29H2,1H3. The fourth-order valence-corrected chi connectivity index (χ4v) is 8.24. The third kappa shape index (κ3) is 5.38. The Hall–Kier alpha value is -3.42. The molecule has 4 aromatic carbocycles. The van der Waals surface area contributed by atoms with Crippen LogP contribution in [0.4, 0.5) is 0 Å². The van der Waals surface area contributed by atoms with E-state index in [4.69, 9.17) is 0 Å². The minimum atomic E-state index is 0.114. The molecular formula is C38H38S. The molecule has 0 spiro atoms. The smallest absolute Gasteiger partial charge is 0.0345 e. The molecule has 0 N–H and O–H groups in total. The summed E-state index contributed by atoms with van der Waals surface area (Å²) in [5.41, 5.74) is 6.11. The average molecular weight is 527 g/mol. The Labute approximate surface area is 238 Å². The average Bonchev–Trinajstić information content (AvgIpc) is 3.51. The van der Waals surface area contributed by atoms with Crippen LogP contribution >= 0.6 is 11.3 Å². The fraction of sp³-hybridized carbons (Fsp3) is 0.263. The zero-order valence-corrected chi connectivity index (χ0v) is 23.7. The van der Waals surface area contributed by atoms with E-state index in [9.17, 15) is 0 Å². The summed E-state index contributed by atoms with van der Waals surface area (Å²) in [7, 11) is 0. The largest absolute Gasteiger partial charge is 0.140 e. The van der Waals surface area contributed by atoms with Crippen LogP contribution in [-0.2, 0) is 17.3 Å². The van der Waals surface area contributed by atoms with Crippen molar-refractivity contribution in [2.45, 2.75) is 62.2 Å². The van der Waals surface area contributed by atoms with E-state index in [2.05, 4.69) is 140 Å². The summed E-state index contributed by atoms with van der Waals surface area (Å²) in [4.78, 5) is 2.87. The number of thiophene rings is 1. The highest BCUT2D eigenvalue weighted by Gasteiger charge is 2.49. The molecule has 0 nitrogen and oxygen atoms in total. The summed E-state index contributed by atoms with van der Waals surface area (Å²) < 4.78 is 0. The van der Waals surface area contributed by atoms with Gasteiger partial charge in [0.05, 0.1) is 0 Å². The van der Waals surface area contributed by atoms with Gasteiger partial charge in [0.2, 0.25) is 0 Å². The molecule has 5 aromatic rings. The molecule has 1 fully saturated rings. The molecule has 1 heteroatoms. The predicted octanol–water partition coefficient (Wildman–Crippen LogP) is 10.6. The first-order chi connectivity index (χ1) is 19.2. The van der Waals surface area contributed by atoms with Crippen LogP contribution in [0.25, 0.3) is 10.4 Å². The van der Waals surface area contributed by atoms with Crippen molar-refractivity contribution in [1.82, 2.24) is 0 Å². The normalized spacial score (nSPS) is 22.9. The molecule has 39 heavy (non-hydrogen) atoms. The van der Waals surface area contributed by atoms with Crippen LogP contribution in [0, 0.1) is 0 Å². The minimum absolute atomic E-state index is 0.114. The topological polar surface area (TPSA) is 0 Å². The molecule has 0 aliphatic heterocycles. The summed E-state index contributed by atoms with van der Waals surface area (Å²) in [6, 6.07) is 49.7. The van der Waals surface area contributed by atoms with E-state index in [1.165, 1.54) is 57.7 Å². The van der Waals surface area contributed by atoms with Crippen LogP contribution in [0.1, 0.15) is 66.5 Å². The number of benzene rings is 4. The van der Waals surface area contributed by atoms with Gasteiger partial charge in [-0.05, 0) is 89.7 Å². The van der Waals surface area contributed by atoms with Gasteiger partial charge >= 0.3 is 0 Å². The van der Waals surface area contributed by atoms with Gasteiger partial charge in [-0.15, -0.1) is 11.3 Å². The van der Waals surface area contributed by atoms with Gasteiger partial charge in [0.1, 0.15) is 0 Å². The second-order valence-electron chi connectivity index (χ2n) is 11.5. The van der Waals surface area contributed by atoms with E-state index in [0.717, 1.165) is 12.8 Å². The van der Waals surface area contributed by atoms with Gasteiger partial charge in [-0.1, -0.05) is 128 Å². The lowest BCUT2D eigenvalue weighted by atomic mass is 9.52. The summed E-state index contributed by atoms with van der Waals surface area (Å²) in [6.45, 7) is 2.42. The molecule has 0 bridgehead atoms. The van der Waals surface area contributed by atoms with Crippen molar-refractivity contribution in [3.8, 4) is 10.4 Å². The van der Waals surface area contributed by atoms with Crippen LogP contribution in [0.3, 0.4) is 0 Å². The number of hydrogen-bond donors (Lipinski definition) is 0. The fourth-order valence-electron chi connectivity index (χ4n) is 7.23. The van der Waals surface area contributed by atoms with Crippen molar-refractivity contribution < 1.29 is 0 Å². The Balaban J connectivity index is 1.41. The van der Waals surface area contributed by atoms with Crippen LogP contribution in [-0.4, -0.2) is 0 Å². The van der Waals surface area contributed by atoms with Gasteiger partial charge in [0.15, 0.2) is 0 Å². The van der Waals surface area contributed by atoms with Gasteiger partial charge in [0.25, 0.3) is 0 Å². The first kappa shape index (κ1) is 25.8. The summed E-state index contributed by atoms with van der Waals surface area (Å²) in [5.74, 6) is 0.531. The van der Waals surface area contributed by atoms with Crippen molar-refractivity contribution in [3.05, 3.63) is 155 Å². The molecule has 1 saturated carbocycles. The molecule has 6 rings (SSSR count). The molecule has 1 aromatic heterocycles. The maximum atomic E-state index is 2.42. The van der Waals surface area contributed by atoms with Crippen molar-refractivity contribution in [2.24, 2.45) is 0 Å². The summed E-state index contributed by atoms with van der Waals surface area (Å²) in [5, 5.41) is 0. The molecule has 3 atom stereocenters. The Bertz CT molecular complexity index is 1450. The van der Waals surface area contributed by atoms with E-state index in [0.29, 0.717) is 5.92 Å². The van der Waals surface area contributed by atoms with E-state index in [-0.39, 0.29) is 10.8 Å². The highest BCUT2D eigenvalue weighted by atomic mass is 32.1. The van der Waals surface area contributed by atoms with Gasteiger partial charge in [-0.3, -0.25) is 0 Å². The maximum absolute atomic E-state index is 2.42. The van der Waals surface area contributed by atoms with Gasteiger partial charge < -0.3 is 0 Å². The van der Waals surface area contributed by atoms with Gasteiger partial charge in [-0.25, -0.2) is 0 Å². The lowest BCUT2D eigenvalue weighted by Gasteiger charge is -2.52. The molecule has 1 aliphatic rings. The second kappa shape index (κ2) is 11.4. The molecule has 0 radical (unpaired) electrons. The van der Waals surface area contributed by atoms with E-state index in [1.54, 1.807) is 0 Å². The Morgan fingerprint density at radius 1 is 0.615 bits per heavy atom. The van der Waals surface area contributed by atoms with E-state index in [1.807, 2.05) is 11.3 Å². The number of hydrogen-bond acceptors (Lipinski definition) is 1. The molecule has 3 unspecified atom stereocenters. The van der Waals surface area contributed by atoms with Crippen molar-refractivity contribution in [1.29, 1.82) is 0 Å². The Kier molecular flexibility index (Phi) is 7.53. The van der Waals surface area contributed by atoms with Gasteiger partial charge in [0, 0.05) is 9.75 Å². The third-order valence-electron chi connectivity index (χ3n) is 9.24. The second-order valence-corrected chi connectivity index (χ2v) is 12.6. The maximum Gasteiger partial charge on any atom is 0.0345 e. The Morgan fingerprint density at radius 2 is 1.15 bits per heavy atom. The van der Waals surface area contributed by atoms with Crippen molar-refractivity contribution in [3.63, 3.8) is 0 Å².